The van der Waals surface area contributed by atoms with Gasteiger partial charge in [0.2, 0.25) is 10.0 Å². The first-order chi connectivity index (χ1) is 16.8. The van der Waals surface area contributed by atoms with Crippen LogP contribution in [0.1, 0.15) is 19.4 Å². The smallest absolute Gasteiger partial charge is 0.331 e. The van der Waals surface area contributed by atoms with Crippen molar-refractivity contribution in [2.45, 2.75) is 35.8 Å². The molecule has 36 heavy (non-hydrogen) atoms. The molecule has 0 spiro atoms. The number of sulfonamides is 2. The Kier molecular flexibility index (Phi) is 8.51. The van der Waals surface area contributed by atoms with E-state index in [1.807, 2.05) is 13.8 Å². The fourth-order valence-electron chi connectivity index (χ4n) is 3.53. The number of carbonyl (C=O) groups excluding carboxylic acids is 2. The number of nitrogens with two attached hydrogens (primary N) is 1. The van der Waals surface area contributed by atoms with E-state index >= 15 is 0 Å². The van der Waals surface area contributed by atoms with Crippen LogP contribution in [0.15, 0.2) is 64.4 Å². The summed E-state index contributed by atoms with van der Waals surface area (Å²) in [6.07, 6.45) is 2.37. The van der Waals surface area contributed by atoms with Crippen LogP contribution in [0.4, 0.5) is 5.69 Å². The minimum Gasteiger partial charge on any atom is -0.452 e. The highest BCUT2D eigenvalue weighted by Gasteiger charge is 2.26. The van der Waals surface area contributed by atoms with Crippen molar-refractivity contribution in [1.29, 1.82) is 0 Å². The lowest BCUT2D eigenvalue weighted by molar-refractivity contribution is -0.154. The van der Waals surface area contributed by atoms with Crippen LogP contribution in [0.3, 0.4) is 0 Å². The lowest BCUT2D eigenvalue weighted by atomic mass is 10.2. The van der Waals surface area contributed by atoms with Gasteiger partial charge in [0.1, 0.15) is 0 Å². The second-order valence-electron chi connectivity index (χ2n) is 8.24. The first-order valence-electron chi connectivity index (χ1n) is 10.9. The van der Waals surface area contributed by atoms with Crippen LogP contribution in [0.5, 0.6) is 0 Å². The Hall–Kier alpha value is -3.26. The first-order valence-corrected chi connectivity index (χ1v) is 13.9. The molecular formula is C23H27N3O8S2. The third-order valence-corrected chi connectivity index (χ3v) is 7.44. The second-order valence-corrected chi connectivity index (χ2v) is 11.5. The summed E-state index contributed by atoms with van der Waals surface area (Å²) in [5.41, 5.74) is 0.549. The van der Waals surface area contributed by atoms with Gasteiger partial charge >= 0.3 is 5.97 Å². The quantitative estimate of drug-likeness (QED) is 0.376. The van der Waals surface area contributed by atoms with Crippen molar-refractivity contribution in [2.75, 3.05) is 24.4 Å². The van der Waals surface area contributed by atoms with Crippen LogP contribution in [0.2, 0.25) is 0 Å². The molecule has 0 aliphatic carbocycles. The predicted molar refractivity (Wildman–Crippen MR) is 132 cm³/mol. The molecule has 0 saturated carbocycles. The van der Waals surface area contributed by atoms with Gasteiger partial charge in [-0.3, -0.25) is 9.52 Å². The number of anilines is 1. The van der Waals surface area contributed by atoms with E-state index in [0.29, 0.717) is 18.7 Å². The maximum Gasteiger partial charge on any atom is 0.331 e. The van der Waals surface area contributed by atoms with Gasteiger partial charge in [-0.05, 0) is 55.8 Å². The standard InChI is InChI=1S/C23H27N3O8S2/c1-16-13-26(14-17(2)34-16)22(27)15-33-23(28)11-8-18-6-9-20(10-7-18)36(31,32)25-19-4-3-5-21(12-19)35(24,29)30/h3-12,16-17,25H,13-15H2,1-2H3,(H2,24,29,30)/b11-8+. The van der Waals surface area contributed by atoms with Crippen molar-refractivity contribution in [2.24, 2.45) is 5.14 Å². The number of primary sulfonamides is 1. The largest absolute Gasteiger partial charge is 0.452 e. The first kappa shape index (κ1) is 27.3. The molecule has 1 aliphatic rings. The van der Waals surface area contributed by atoms with E-state index in [0.717, 1.165) is 12.1 Å². The maximum atomic E-state index is 12.6. The van der Waals surface area contributed by atoms with Crippen LogP contribution in [0, 0.1) is 0 Å². The molecule has 2 aromatic carbocycles. The Morgan fingerprint density at radius 1 is 1.06 bits per heavy atom. The van der Waals surface area contributed by atoms with Gasteiger partial charge in [0.25, 0.3) is 15.9 Å². The van der Waals surface area contributed by atoms with Crippen molar-refractivity contribution in [3.63, 3.8) is 0 Å². The normalized spacial score (nSPS) is 18.7. The molecule has 1 fully saturated rings. The third kappa shape index (κ3) is 7.62. The van der Waals surface area contributed by atoms with Crippen molar-refractivity contribution in [3.8, 4) is 0 Å². The number of ether oxygens (including phenoxy) is 2. The number of benzene rings is 2. The Morgan fingerprint density at radius 2 is 1.69 bits per heavy atom. The number of nitrogens with zero attached hydrogens (tertiary/aromatic N) is 1. The van der Waals surface area contributed by atoms with Gasteiger partial charge in [0, 0.05) is 19.2 Å². The SMILES string of the molecule is CC1CN(C(=O)COC(=O)/C=C/c2ccc(S(=O)(=O)Nc3cccc(S(N)(=O)=O)c3)cc2)CC(C)O1. The molecule has 0 bridgehead atoms. The van der Waals surface area contributed by atoms with Gasteiger partial charge < -0.3 is 14.4 Å². The van der Waals surface area contributed by atoms with Crippen LogP contribution in [0.25, 0.3) is 6.08 Å². The Morgan fingerprint density at radius 3 is 2.31 bits per heavy atom. The van der Waals surface area contributed by atoms with E-state index in [4.69, 9.17) is 14.6 Å². The van der Waals surface area contributed by atoms with Crippen molar-refractivity contribution >= 4 is 43.7 Å². The number of morpholine rings is 1. The molecule has 3 rings (SSSR count). The zero-order chi connectivity index (χ0) is 26.5. The molecule has 11 nitrogen and oxygen atoms in total. The molecule has 1 aliphatic heterocycles. The summed E-state index contributed by atoms with van der Waals surface area (Å²) in [5.74, 6) is -1.03. The number of carbonyl (C=O) groups is 2. The molecule has 2 unspecified atom stereocenters. The van der Waals surface area contributed by atoms with E-state index in [9.17, 15) is 26.4 Å². The summed E-state index contributed by atoms with van der Waals surface area (Å²) >= 11 is 0. The summed E-state index contributed by atoms with van der Waals surface area (Å²) in [6.45, 7) is 4.20. The fourth-order valence-corrected chi connectivity index (χ4v) is 5.14. The van der Waals surface area contributed by atoms with Crippen LogP contribution < -0.4 is 9.86 Å². The summed E-state index contributed by atoms with van der Waals surface area (Å²) in [5, 5.41) is 5.08. The zero-order valence-electron chi connectivity index (χ0n) is 19.7. The summed E-state index contributed by atoms with van der Waals surface area (Å²) in [4.78, 5) is 25.5. The number of hydrogen-bond acceptors (Lipinski definition) is 8. The molecule has 1 heterocycles. The Balaban J connectivity index is 1.56. The van der Waals surface area contributed by atoms with Gasteiger partial charge in [-0.25, -0.2) is 26.8 Å². The lowest BCUT2D eigenvalue weighted by Gasteiger charge is -2.35. The Labute approximate surface area is 210 Å². The van der Waals surface area contributed by atoms with E-state index in [1.165, 1.54) is 48.5 Å². The van der Waals surface area contributed by atoms with E-state index in [2.05, 4.69) is 4.72 Å². The topological polar surface area (TPSA) is 162 Å². The molecule has 0 aromatic heterocycles. The van der Waals surface area contributed by atoms with Crippen LogP contribution >= 0.6 is 0 Å². The van der Waals surface area contributed by atoms with E-state index < -0.39 is 32.6 Å². The predicted octanol–water partition coefficient (Wildman–Crippen LogP) is 1.33. The van der Waals surface area contributed by atoms with E-state index in [-0.39, 0.29) is 33.6 Å². The van der Waals surface area contributed by atoms with Gasteiger partial charge in [-0.1, -0.05) is 18.2 Å². The summed E-state index contributed by atoms with van der Waals surface area (Å²) in [6, 6.07) is 10.7. The highest BCUT2D eigenvalue weighted by Crippen LogP contribution is 2.20. The monoisotopic (exact) mass is 537 g/mol. The summed E-state index contributed by atoms with van der Waals surface area (Å²) < 4.78 is 61.1. The molecule has 1 amide bonds. The number of hydrogen-bond donors (Lipinski definition) is 2. The minimum absolute atomic E-state index is 0.0313. The highest BCUT2D eigenvalue weighted by molar-refractivity contribution is 7.92. The number of rotatable bonds is 8. The molecule has 3 N–H and O–H groups in total. The van der Waals surface area contributed by atoms with Crippen molar-refractivity contribution in [1.82, 2.24) is 4.90 Å². The molecule has 0 radical (unpaired) electrons. The van der Waals surface area contributed by atoms with Gasteiger partial charge in [-0.2, -0.15) is 0 Å². The molecule has 2 atom stereocenters. The molecule has 194 valence electrons. The molecule has 13 heteroatoms. The lowest BCUT2D eigenvalue weighted by Crippen LogP contribution is -2.49. The average Bonchev–Trinajstić information content (AvgIpc) is 2.80. The van der Waals surface area contributed by atoms with Crippen LogP contribution in [-0.2, 0) is 39.1 Å². The summed E-state index contributed by atoms with van der Waals surface area (Å²) in [7, 11) is -8.00. The van der Waals surface area contributed by atoms with Gasteiger partial charge in [-0.15, -0.1) is 0 Å². The van der Waals surface area contributed by atoms with Gasteiger partial charge in [0.05, 0.1) is 27.7 Å². The molecular weight excluding hydrogens is 510 g/mol. The molecule has 2 aromatic rings. The van der Waals surface area contributed by atoms with Crippen molar-refractivity contribution in [3.05, 3.63) is 60.2 Å². The number of amides is 1. The maximum absolute atomic E-state index is 12.6. The average molecular weight is 538 g/mol. The highest BCUT2D eigenvalue weighted by atomic mass is 32.2. The number of esters is 1. The number of nitrogens with one attached hydrogen (secondary N) is 1. The van der Waals surface area contributed by atoms with Crippen LogP contribution in [-0.4, -0.2) is 65.5 Å². The third-order valence-electron chi connectivity index (χ3n) is 5.13. The van der Waals surface area contributed by atoms with Gasteiger partial charge in [0.15, 0.2) is 6.61 Å². The zero-order valence-corrected chi connectivity index (χ0v) is 21.3. The van der Waals surface area contributed by atoms with Crippen molar-refractivity contribution < 1.29 is 35.9 Å². The van der Waals surface area contributed by atoms with E-state index in [1.54, 1.807) is 4.90 Å². The Bertz CT molecular complexity index is 1350. The fraction of sp³-hybridized carbons (Fsp3) is 0.304. The molecule has 1 saturated heterocycles. The second kappa shape index (κ2) is 11.2. The minimum atomic E-state index is -4.01.